The van der Waals surface area contributed by atoms with Gasteiger partial charge in [-0.2, -0.15) is 0 Å². The molecule has 2 rings (SSSR count). The molecule has 1 heterocycles. The highest BCUT2D eigenvalue weighted by Gasteiger charge is 2.20. The molecule has 1 N–H and O–H groups in total. The lowest BCUT2D eigenvalue weighted by molar-refractivity contribution is 0.404. The average molecular weight is 375 g/mol. The van der Waals surface area contributed by atoms with Crippen molar-refractivity contribution < 1.29 is 4.74 Å². The summed E-state index contributed by atoms with van der Waals surface area (Å²) in [6.07, 6.45) is 0. The zero-order valence-electron chi connectivity index (χ0n) is 11.7. The van der Waals surface area contributed by atoms with Gasteiger partial charge in [0.1, 0.15) is 10.1 Å². The first-order valence-electron chi connectivity index (χ1n) is 6.39. The van der Waals surface area contributed by atoms with Crippen LogP contribution in [0.2, 0.25) is 4.34 Å². The molecule has 1 aromatic heterocycles. The molecule has 0 spiro atoms. The summed E-state index contributed by atoms with van der Waals surface area (Å²) in [5, 5.41) is 3.51. The fraction of sp³-hybridized carbons (Fsp3) is 0.333. The van der Waals surface area contributed by atoms with Gasteiger partial charge in [0.15, 0.2) is 0 Å². The molecule has 0 aliphatic heterocycles. The number of methoxy groups -OCH3 is 1. The molecule has 2 aromatic rings. The van der Waals surface area contributed by atoms with Crippen molar-refractivity contribution >= 4 is 38.9 Å². The highest BCUT2D eigenvalue weighted by atomic mass is 79.9. The van der Waals surface area contributed by atoms with E-state index in [0.29, 0.717) is 0 Å². The molecule has 0 saturated heterocycles. The zero-order chi connectivity index (χ0) is 14.7. The predicted octanol–water partition coefficient (Wildman–Crippen LogP) is 5.18. The van der Waals surface area contributed by atoms with Gasteiger partial charge in [0, 0.05) is 14.9 Å². The maximum atomic E-state index is 6.18. The number of benzene rings is 1. The van der Waals surface area contributed by atoms with E-state index in [2.05, 4.69) is 53.3 Å². The summed E-state index contributed by atoms with van der Waals surface area (Å²) in [7, 11) is 1.70. The van der Waals surface area contributed by atoms with Crippen LogP contribution in [-0.2, 0) is 0 Å². The van der Waals surface area contributed by atoms with Crippen molar-refractivity contribution in [2.45, 2.75) is 19.9 Å². The van der Waals surface area contributed by atoms with Crippen LogP contribution in [0.3, 0.4) is 0 Å². The molecule has 0 fully saturated rings. The summed E-state index contributed by atoms with van der Waals surface area (Å²) >= 11 is 11.2. The van der Waals surface area contributed by atoms with E-state index in [1.807, 2.05) is 6.07 Å². The van der Waals surface area contributed by atoms with Gasteiger partial charge in [-0.3, -0.25) is 0 Å². The third-order valence-corrected chi connectivity index (χ3v) is 5.59. The van der Waals surface area contributed by atoms with Crippen molar-refractivity contribution in [3.63, 3.8) is 0 Å². The second-order valence-electron chi connectivity index (χ2n) is 4.51. The number of halogens is 2. The fourth-order valence-corrected chi connectivity index (χ4v) is 3.98. The number of hydrogen-bond donors (Lipinski definition) is 1. The highest BCUT2D eigenvalue weighted by Crippen LogP contribution is 2.39. The molecule has 1 unspecified atom stereocenters. The van der Waals surface area contributed by atoms with Crippen LogP contribution in [0.1, 0.15) is 29.0 Å². The van der Waals surface area contributed by atoms with E-state index < -0.39 is 0 Å². The molecule has 0 aliphatic rings. The summed E-state index contributed by atoms with van der Waals surface area (Å²) in [5.74, 6) is 0.891. The van der Waals surface area contributed by atoms with Gasteiger partial charge in [0.2, 0.25) is 0 Å². The van der Waals surface area contributed by atoms with Gasteiger partial charge in [-0.05, 0) is 41.5 Å². The second kappa shape index (κ2) is 6.94. The normalized spacial score (nSPS) is 12.4. The third-order valence-electron chi connectivity index (χ3n) is 3.05. The number of hydrogen-bond acceptors (Lipinski definition) is 3. The predicted molar refractivity (Wildman–Crippen MR) is 90.3 cm³/mol. The first-order chi connectivity index (χ1) is 9.56. The Labute approximate surface area is 137 Å². The molecular weight excluding hydrogens is 358 g/mol. The van der Waals surface area contributed by atoms with Gasteiger partial charge in [-0.15, -0.1) is 11.3 Å². The zero-order valence-corrected chi connectivity index (χ0v) is 14.8. The summed E-state index contributed by atoms with van der Waals surface area (Å²) in [4.78, 5) is 1.17. The van der Waals surface area contributed by atoms with Crippen molar-refractivity contribution in [1.29, 1.82) is 0 Å². The molecule has 0 saturated carbocycles. The molecule has 1 aromatic carbocycles. The minimum atomic E-state index is 0.0867. The lowest BCUT2D eigenvalue weighted by Crippen LogP contribution is -2.21. The summed E-state index contributed by atoms with van der Waals surface area (Å²) < 4.78 is 7.22. The molecule has 108 valence electrons. The molecule has 0 amide bonds. The summed E-state index contributed by atoms with van der Waals surface area (Å²) in [6, 6.07) is 8.39. The highest BCUT2D eigenvalue weighted by molar-refractivity contribution is 9.10. The number of thiophene rings is 1. The van der Waals surface area contributed by atoms with E-state index in [-0.39, 0.29) is 6.04 Å². The van der Waals surface area contributed by atoms with Crippen molar-refractivity contribution in [2.24, 2.45) is 0 Å². The number of ether oxygens (including phenoxy) is 1. The molecule has 0 radical (unpaired) electrons. The van der Waals surface area contributed by atoms with Gasteiger partial charge in [0.25, 0.3) is 0 Å². The van der Waals surface area contributed by atoms with E-state index in [0.717, 1.165) is 26.7 Å². The first-order valence-corrected chi connectivity index (χ1v) is 8.38. The van der Waals surface area contributed by atoms with Crippen LogP contribution in [0.5, 0.6) is 5.75 Å². The summed E-state index contributed by atoms with van der Waals surface area (Å²) in [5.41, 5.74) is 2.35. The number of rotatable bonds is 5. The van der Waals surface area contributed by atoms with Crippen LogP contribution in [0.25, 0.3) is 0 Å². The Bertz CT molecular complexity index is 580. The van der Waals surface area contributed by atoms with Crippen LogP contribution in [0.15, 0.2) is 28.7 Å². The smallest absolute Gasteiger partial charge is 0.124 e. The maximum absolute atomic E-state index is 6.18. The third kappa shape index (κ3) is 3.37. The van der Waals surface area contributed by atoms with Crippen LogP contribution in [0.4, 0.5) is 0 Å². The van der Waals surface area contributed by atoms with Crippen molar-refractivity contribution in [1.82, 2.24) is 5.32 Å². The van der Waals surface area contributed by atoms with E-state index in [1.165, 1.54) is 10.4 Å². The molecular formula is C15H17BrClNOS. The van der Waals surface area contributed by atoms with E-state index in [1.54, 1.807) is 18.4 Å². The number of nitrogens with one attached hydrogen (secondary N) is 1. The van der Waals surface area contributed by atoms with Gasteiger partial charge in [0.05, 0.1) is 13.2 Å². The van der Waals surface area contributed by atoms with E-state index in [9.17, 15) is 0 Å². The molecule has 1 atom stereocenters. The Hall–Kier alpha value is -0.550. The Morgan fingerprint density at radius 1 is 1.40 bits per heavy atom. The lowest BCUT2D eigenvalue weighted by atomic mass is 10.0. The minimum absolute atomic E-state index is 0.0867. The molecule has 5 heteroatoms. The molecule has 0 bridgehead atoms. The van der Waals surface area contributed by atoms with Crippen LogP contribution < -0.4 is 10.1 Å². The Kier molecular flexibility index (Phi) is 5.49. The SMILES string of the molecule is CCNC(c1cc(Br)c(Cl)s1)c1cc(C)ccc1OC. The van der Waals surface area contributed by atoms with E-state index >= 15 is 0 Å². The maximum Gasteiger partial charge on any atom is 0.124 e. The topological polar surface area (TPSA) is 21.3 Å². The largest absolute Gasteiger partial charge is 0.496 e. The molecule has 20 heavy (non-hydrogen) atoms. The van der Waals surface area contributed by atoms with Gasteiger partial charge >= 0.3 is 0 Å². The van der Waals surface area contributed by atoms with Crippen LogP contribution in [0, 0.1) is 6.92 Å². The Morgan fingerprint density at radius 3 is 2.70 bits per heavy atom. The van der Waals surface area contributed by atoms with Gasteiger partial charge in [-0.1, -0.05) is 36.2 Å². The second-order valence-corrected chi connectivity index (χ2v) is 7.05. The molecule has 2 nitrogen and oxygen atoms in total. The standard InChI is InChI=1S/C15H17BrClNOS/c1-4-18-14(13-8-11(16)15(17)20-13)10-7-9(2)5-6-12(10)19-3/h5-8,14,18H,4H2,1-3H3. The Balaban J connectivity index is 2.50. The monoisotopic (exact) mass is 373 g/mol. The first kappa shape index (κ1) is 15.8. The van der Waals surface area contributed by atoms with Crippen molar-refractivity contribution in [3.05, 3.63) is 49.1 Å². The van der Waals surface area contributed by atoms with Crippen LogP contribution in [-0.4, -0.2) is 13.7 Å². The van der Waals surface area contributed by atoms with Gasteiger partial charge in [-0.25, -0.2) is 0 Å². The Morgan fingerprint density at radius 2 is 2.15 bits per heavy atom. The van der Waals surface area contributed by atoms with Crippen LogP contribution >= 0.6 is 38.9 Å². The van der Waals surface area contributed by atoms with Crippen molar-refractivity contribution in [3.8, 4) is 5.75 Å². The average Bonchev–Trinajstić information content (AvgIpc) is 2.75. The van der Waals surface area contributed by atoms with Crippen molar-refractivity contribution in [2.75, 3.05) is 13.7 Å². The lowest BCUT2D eigenvalue weighted by Gasteiger charge is -2.20. The fourth-order valence-electron chi connectivity index (χ4n) is 2.15. The quantitative estimate of drug-likeness (QED) is 0.778. The number of aryl methyl sites for hydroxylation is 1. The summed E-state index contributed by atoms with van der Waals surface area (Å²) in [6.45, 7) is 5.05. The molecule has 0 aliphatic carbocycles. The van der Waals surface area contributed by atoms with E-state index in [4.69, 9.17) is 16.3 Å². The minimum Gasteiger partial charge on any atom is -0.496 e. The van der Waals surface area contributed by atoms with Gasteiger partial charge < -0.3 is 10.1 Å².